The van der Waals surface area contributed by atoms with Crippen molar-refractivity contribution in [3.05, 3.63) is 283 Å². The maximum absolute atomic E-state index is 2.45. The summed E-state index contributed by atoms with van der Waals surface area (Å²) >= 11 is 0. The van der Waals surface area contributed by atoms with Crippen LogP contribution in [0.4, 0.5) is 17.1 Å². The number of nitrogens with zero attached hydrogens (tertiary/aromatic N) is 1. The zero-order valence-corrected chi connectivity index (χ0v) is 35.3. The van der Waals surface area contributed by atoms with Gasteiger partial charge in [-0.1, -0.05) is 212 Å². The van der Waals surface area contributed by atoms with Gasteiger partial charge < -0.3 is 4.90 Å². The van der Waals surface area contributed by atoms with Crippen molar-refractivity contribution in [1.29, 1.82) is 0 Å². The molecule has 1 heteroatoms. The minimum Gasteiger partial charge on any atom is -0.310 e. The Bertz CT molecular complexity index is 3390. The Morgan fingerprint density at radius 1 is 0.281 bits per heavy atom. The lowest BCUT2D eigenvalue weighted by Crippen LogP contribution is -2.28. The van der Waals surface area contributed by atoms with Gasteiger partial charge in [0.1, 0.15) is 0 Å². The van der Waals surface area contributed by atoms with Crippen molar-refractivity contribution < 1.29 is 0 Å². The molecule has 1 aliphatic carbocycles. The molecule has 0 radical (unpaired) electrons. The van der Waals surface area contributed by atoms with E-state index in [1.807, 2.05) is 0 Å². The van der Waals surface area contributed by atoms with Gasteiger partial charge in [-0.25, -0.2) is 0 Å². The SMILES string of the molecule is c1ccc(-c2c(N(c3ccccc3)c3ccccc3)cc(-c3cc(-c4ccc5c(c4)-c4ccccc4C5(c4ccccc4)c4ccccc4)cc4ccccc34)c3ccccc23)cc1. The first-order valence-electron chi connectivity index (χ1n) is 22.2. The summed E-state index contributed by atoms with van der Waals surface area (Å²) < 4.78 is 0. The molecule has 0 aliphatic heterocycles. The van der Waals surface area contributed by atoms with Crippen LogP contribution in [0.15, 0.2) is 261 Å². The van der Waals surface area contributed by atoms with Gasteiger partial charge in [0.25, 0.3) is 0 Å². The zero-order chi connectivity index (χ0) is 42.5. The van der Waals surface area contributed by atoms with E-state index in [1.54, 1.807) is 0 Å². The number of rotatable bonds is 8. The predicted octanol–water partition coefficient (Wildman–Crippen LogP) is 16.8. The van der Waals surface area contributed by atoms with Gasteiger partial charge in [0, 0.05) is 16.9 Å². The number of hydrogen-bond donors (Lipinski definition) is 0. The molecule has 12 rings (SSSR count). The first-order chi connectivity index (χ1) is 31.8. The second-order valence-electron chi connectivity index (χ2n) is 16.8. The molecule has 0 heterocycles. The van der Waals surface area contributed by atoms with Crippen molar-refractivity contribution in [2.75, 3.05) is 4.90 Å². The minimum absolute atomic E-state index is 0.444. The summed E-state index contributed by atoms with van der Waals surface area (Å²) in [7, 11) is 0. The quantitative estimate of drug-likeness (QED) is 0.148. The molecule has 1 aliphatic rings. The van der Waals surface area contributed by atoms with Crippen molar-refractivity contribution in [3.63, 3.8) is 0 Å². The number of hydrogen-bond acceptors (Lipinski definition) is 1. The molecule has 11 aromatic carbocycles. The lowest BCUT2D eigenvalue weighted by Gasteiger charge is -2.33. The average Bonchev–Trinajstić information content (AvgIpc) is 3.68. The van der Waals surface area contributed by atoms with Crippen LogP contribution in [0.5, 0.6) is 0 Å². The van der Waals surface area contributed by atoms with Gasteiger partial charge >= 0.3 is 0 Å². The van der Waals surface area contributed by atoms with Gasteiger partial charge in [0.05, 0.1) is 11.1 Å². The van der Waals surface area contributed by atoms with Crippen molar-refractivity contribution in [1.82, 2.24) is 0 Å². The minimum atomic E-state index is -0.444. The van der Waals surface area contributed by atoms with E-state index in [0.29, 0.717) is 0 Å². The molecule has 11 aromatic rings. The predicted molar refractivity (Wildman–Crippen MR) is 270 cm³/mol. The Morgan fingerprint density at radius 3 is 1.42 bits per heavy atom. The number of para-hydroxylation sites is 2. The van der Waals surface area contributed by atoms with E-state index in [0.717, 1.165) is 17.1 Å². The van der Waals surface area contributed by atoms with Crippen LogP contribution in [0.25, 0.3) is 66.1 Å². The van der Waals surface area contributed by atoms with E-state index < -0.39 is 5.41 Å². The molecule has 64 heavy (non-hydrogen) atoms. The highest BCUT2D eigenvalue weighted by atomic mass is 15.1. The van der Waals surface area contributed by atoms with Crippen molar-refractivity contribution in [2.45, 2.75) is 5.41 Å². The van der Waals surface area contributed by atoms with Gasteiger partial charge in [-0.2, -0.15) is 0 Å². The maximum Gasteiger partial charge on any atom is 0.0713 e. The summed E-state index contributed by atoms with van der Waals surface area (Å²) in [5.74, 6) is 0. The maximum atomic E-state index is 2.45. The molecular weight excluding hydrogens is 771 g/mol. The van der Waals surface area contributed by atoms with Crippen LogP contribution >= 0.6 is 0 Å². The molecule has 0 fully saturated rings. The van der Waals surface area contributed by atoms with Crippen LogP contribution in [0.3, 0.4) is 0 Å². The molecule has 0 saturated heterocycles. The third-order valence-corrected chi connectivity index (χ3v) is 13.3. The number of anilines is 3. The largest absolute Gasteiger partial charge is 0.310 e. The van der Waals surface area contributed by atoms with Crippen molar-refractivity contribution >= 4 is 38.6 Å². The fourth-order valence-corrected chi connectivity index (χ4v) is 10.6. The average molecular weight is 814 g/mol. The fraction of sp³-hybridized carbons (Fsp3) is 0.0159. The molecule has 0 saturated carbocycles. The summed E-state index contributed by atoms with van der Waals surface area (Å²) in [6.45, 7) is 0. The molecule has 0 amide bonds. The summed E-state index contributed by atoms with van der Waals surface area (Å²) in [4.78, 5) is 2.42. The van der Waals surface area contributed by atoms with E-state index in [1.165, 1.54) is 88.3 Å². The van der Waals surface area contributed by atoms with E-state index >= 15 is 0 Å². The third-order valence-electron chi connectivity index (χ3n) is 13.3. The van der Waals surface area contributed by atoms with Crippen LogP contribution in [-0.4, -0.2) is 0 Å². The van der Waals surface area contributed by atoms with Crippen LogP contribution < -0.4 is 4.90 Å². The van der Waals surface area contributed by atoms with Crippen LogP contribution in [0, 0.1) is 0 Å². The van der Waals surface area contributed by atoms with Crippen LogP contribution in [0.1, 0.15) is 22.3 Å². The molecule has 0 spiro atoms. The molecule has 0 N–H and O–H groups in total. The van der Waals surface area contributed by atoms with Crippen LogP contribution in [-0.2, 0) is 5.41 Å². The van der Waals surface area contributed by atoms with Gasteiger partial charge in [0.15, 0.2) is 0 Å². The third kappa shape index (κ3) is 6.01. The Balaban J connectivity index is 1.12. The molecule has 300 valence electrons. The monoisotopic (exact) mass is 813 g/mol. The van der Waals surface area contributed by atoms with Gasteiger partial charge in [-0.3, -0.25) is 0 Å². The summed E-state index contributed by atoms with van der Waals surface area (Å²) in [6.07, 6.45) is 0. The standard InChI is InChI=1S/C63H43N/c1-6-22-44(23-7-1)62-55-36-19-18-34-53(55)57(43-61(62)64(50-29-12-4-13-30-50)51-31-14-5-15-32-51)56-42-47(40-46-24-16-17-33-52(46)56)45-38-39-60-58(41-45)54-35-20-21-37-59(54)63(60,48-25-8-2-9-26-48)49-27-10-3-11-28-49/h1-43H. The molecule has 0 bridgehead atoms. The van der Waals surface area contributed by atoms with Gasteiger partial charge in [0.2, 0.25) is 0 Å². The highest BCUT2D eigenvalue weighted by Gasteiger charge is 2.46. The molecular formula is C63H43N. The zero-order valence-electron chi connectivity index (χ0n) is 35.3. The Hall–Kier alpha value is -8.26. The van der Waals surface area contributed by atoms with Crippen molar-refractivity contribution in [2.24, 2.45) is 0 Å². The summed E-state index contributed by atoms with van der Waals surface area (Å²) in [5.41, 5.74) is 17.8. The van der Waals surface area contributed by atoms with E-state index in [9.17, 15) is 0 Å². The first kappa shape index (κ1) is 37.5. The van der Waals surface area contributed by atoms with Crippen LogP contribution in [0.2, 0.25) is 0 Å². The van der Waals surface area contributed by atoms with Crippen molar-refractivity contribution in [3.8, 4) is 44.5 Å². The fourth-order valence-electron chi connectivity index (χ4n) is 10.6. The topological polar surface area (TPSA) is 3.24 Å². The molecule has 0 aromatic heterocycles. The Kier molecular flexibility index (Phi) is 9.13. The smallest absolute Gasteiger partial charge is 0.0713 e. The van der Waals surface area contributed by atoms with E-state index in [4.69, 9.17) is 0 Å². The van der Waals surface area contributed by atoms with Gasteiger partial charge in [-0.15, -0.1) is 0 Å². The highest BCUT2D eigenvalue weighted by molar-refractivity contribution is 6.15. The second kappa shape index (κ2) is 15.6. The highest BCUT2D eigenvalue weighted by Crippen LogP contribution is 2.57. The van der Waals surface area contributed by atoms with E-state index in [2.05, 4.69) is 266 Å². The molecule has 1 nitrogen and oxygen atoms in total. The molecule has 0 atom stereocenters. The first-order valence-corrected chi connectivity index (χ1v) is 22.2. The lowest BCUT2D eigenvalue weighted by molar-refractivity contribution is 0.768. The Morgan fingerprint density at radius 2 is 0.766 bits per heavy atom. The Labute approximate surface area is 374 Å². The van der Waals surface area contributed by atoms with Gasteiger partial charge in [-0.05, 0) is 131 Å². The summed E-state index contributed by atoms with van der Waals surface area (Å²) in [5, 5.41) is 4.85. The number of fused-ring (bicyclic) bond motifs is 5. The molecule has 0 unspecified atom stereocenters. The summed E-state index contributed by atoms with van der Waals surface area (Å²) in [6, 6.07) is 95.9. The normalized spacial score (nSPS) is 12.5. The lowest BCUT2D eigenvalue weighted by atomic mass is 9.67. The van der Waals surface area contributed by atoms with E-state index in [-0.39, 0.29) is 0 Å². The second-order valence-corrected chi connectivity index (χ2v) is 16.8. The number of benzene rings is 11.